The molecule has 0 unspecified atom stereocenters. The molecule has 9 heteroatoms. The van der Waals surface area contributed by atoms with E-state index in [1.165, 1.54) is 4.31 Å². The predicted molar refractivity (Wildman–Crippen MR) is 125 cm³/mol. The molecule has 1 aliphatic heterocycles. The number of rotatable bonds is 8. The molecule has 0 saturated carbocycles. The highest BCUT2D eigenvalue weighted by molar-refractivity contribution is 7.89. The average Bonchev–Trinajstić information content (AvgIpc) is 2.83. The molecule has 1 aliphatic rings. The van der Waals surface area contributed by atoms with E-state index in [1.54, 1.807) is 37.4 Å². The molecule has 1 fully saturated rings. The summed E-state index contributed by atoms with van der Waals surface area (Å²) in [5, 5.41) is 5.19. The van der Waals surface area contributed by atoms with E-state index in [1.807, 2.05) is 25.1 Å². The maximum absolute atomic E-state index is 13.2. The molecular formula is C24H31N3O5S. The van der Waals surface area contributed by atoms with E-state index in [4.69, 9.17) is 4.74 Å². The molecule has 0 aromatic heterocycles. The number of sulfonamides is 1. The number of piperidine rings is 1. The highest BCUT2D eigenvalue weighted by atomic mass is 32.2. The number of ether oxygens (including phenoxy) is 1. The van der Waals surface area contributed by atoms with Gasteiger partial charge in [-0.2, -0.15) is 4.31 Å². The molecule has 1 saturated heterocycles. The van der Waals surface area contributed by atoms with Crippen molar-refractivity contribution in [2.75, 3.05) is 20.2 Å². The third kappa shape index (κ3) is 6.33. The summed E-state index contributed by atoms with van der Waals surface area (Å²) in [7, 11) is -2.07. The Bertz CT molecular complexity index is 1070. The van der Waals surface area contributed by atoms with Crippen LogP contribution in [-0.2, 0) is 26.2 Å². The number of hydrogen-bond acceptors (Lipinski definition) is 5. The predicted octanol–water partition coefficient (Wildman–Crippen LogP) is 2.37. The van der Waals surface area contributed by atoms with Crippen molar-refractivity contribution in [1.82, 2.24) is 14.9 Å². The zero-order valence-electron chi connectivity index (χ0n) is 19.0. The van der Waals surface area contributed by atoms with Crippen LogP contribution in [0.25, 0.3) is 0 Å². The lowest BCUT2D eigenvalue weighted by Crippen LogP contribution is -2.46. The van der Waals surface area contributed by atoms with Gasteiger partial charge >= 0.3 is 11.8 Å². The number of para-hydroxylation sites is 1. The van der Waals surface area contributed by atoms with Crippen molar-refractivity contribution in [3.05, 3.63) is 59.7 Å². The van der Waals surface area contributed by atoms with Crippen LogP contribution in [0.2, 0.25) is 0 Å². The second kappa shape index (κ2) is 11.3. The smallest absolute Gasteiger partial charge is 0.309 e. The zero-order valence-corrected chi connectivity index (χ0v) is 19.9. The number of aryl methyl sites for hydroxylation is 1. The molecule has 3 rings (SSSR count). The number of methoxy groups -OCH3 is 1. The summed E-state index contributed by atoms with van der Waals surface area (Å²) in [5.41, 5.74) is 1.76. The second-order valence-electron chi connectivity index (χ2n) is 8.12. The Kier molecular flexibility index (Phi) is 8.46. The minimum Gasteiger partial charge on any atom is -0.496 e. The first-order valence-corrected chi connectivity index (χ1v) is 12.5. The summed E-state index contributed by atoms with van der Waals surface area (Å²) in [5.74, 6) is -0.854. The molecule has 1 heterocycles. The fourth-order valence-corrected chi connectivity index (χ4v) is 5.69. The Labute approximate surface area is 195 Å². The fourth-order valence-electron chi connectivity index (χ4n) is 3.96. The lowest BCUT2D eigenvalue weighted by atomic mass is 10.0. The summed E-state index contributed by atoms with van der Waals surface area (Å²) >= 11 is 0. The Morgan fingerprint density at radius 1 is 1.03 bits per heavy atom. The van der Waals surface area contributed by atoms with E-state index in [9.17, 15) is 18.0 Å². The molecule has 2 aromatic rings. The van der Waals surface area contributed by atoms with Crippen LogP contribution in [0.15, 0.2) is 53.4 Å². The summed E-state index contributed by atoms with van der Waals surface area (Å²) < 4.78 is 33.1. The van der Waals surface area contributed by atoms with Crippen LogP contribution < -0.4 is 15.4 Å². The SMILES string of the molecule is COc1ccccc1CNC(=O)C(=O)NCC[C@H]1CCCCN1S(=O)(=O)c1ccc(C)cc1. The number of carbonyl (C=O) groups excluding carboxylic acids is 2. The molecule has 8 nitrogen and oxygen atoms in total. The van der Waals surface area contributed by atoms with Gasteiger partial charge in [-0.3, -0.25) is 9.59 Å². The molecule has 178 valence electrons. The van der Waals surface area contributed by atoms with Crippen molar-refractivity contribution < 1.29 is 22.7 Å². The third-order valence-corrected chi connectivity index (χ3v) is 7.77. The van der Waals surface area contributed by atoms with Crippen LogP contribution >= 0.6 is 0 Å². The second-order valence-corrected chi connectivity index (χ2v) is 10.0. The van der Waals surface area contributed by atoms with Crippen molar-refractivity contribution in [1.29, 1.82) is 0 Å². The number of hydrogen-bond donors (Lipinski definition) is 2. The lowest BCUT2D eigenvalue weighted by molar-refractivity contribution is -0.139. The van der Waals surface area contributed by atoms with Crippen molar-refractivity contribution in [2.24, 2.45) is 0 Å². The molecule has 2 amide bonds. The quantitative estimate of drug-likeness (QED) is 0.573. The lowest BCUT2D eigenvalue weighted by Gasteiger charge is -2.34. The van der Waals surface area contributed by atoms with E-state index < -0.39 is 21.8 Å². The van der Waals surface area contributed by atoms with Gasteiger partial charge in [0.2, 0.25) is 10.0 Å². The molecule has 0 aliphatic carbocycles. The van der Waals surface area contributed by atoms with Crippen LogP contribution in [0, 0.1) is 6.92 Å². The summed E-state index contributed by atoms with van der Waals surface area (Å²) in [6.07, 6.45) is 2.90. The Morgan fingerprint density at radius 2 is 1.73 bits per heavy atom. The number of nitrogens with one attached hydrogen (secondary N) is 2. The highest BCUT2D eigenvalue weighted by Gasteiger charge is 2.33. The first kappa shape index (κ1) is 24.7. The van der Waals surface area contributed by atoms with Crippen LogP contribution in [0.4, 0.5) is 0 Å². The highest BCUT2D eigenvalue weighted by Crippen LogP contribution is 2.27. The van der Waals surface area contributed by atoms with Gasteiger partial charge in [-0.15, -0.1) is 0 Å². The molecule has 0 spiro atoms. The first-order chi connectivity index (χ1) is 15.8. The van der Waals surface area contributed by atoms with Crippen LogP contribution in [-0.4, -0.2) is 50.8 Å². The van der Waals surface area contributed by atoms with E-state index in [0.29, 0.717) is 18.7 Å². The van der Waals surface area contributed by atoms with Gasteiger partial charge in [0, 0.05) is 31.2 Å². The summed E-state index contributed by atoms with van der Waals surface area (Å²) in [4.78, 5) is 24.6. The number of amides is 2. The monoisotopic (exact) mass is 473 g/mol. The zero-order chi connectivity index (χ0) is 23.8. The average molecular weight is 474 g/mol. The number of carbonyl (C=O) groups is 2. The van der Waals surface area contributed by atoms with Crippen molar-refractivity contribution in [3.8, 4) is 5.75 Å². The fraction of sp³-hybridized carbons (Fsp3) is 0.417. The van der Waals surface area contributed by atoms with Crippen LogP contribution in [0.5, 0.6) is 5.75 Å². The van der Waals surface area contributed by atoms with Crippen LogP contribution in [0.1, 0.15) is 36.8 Å². The van der Waals surface area contributed by atoms with Gasteiger partial charge in [0.05, 0.1) is 12.0 Å². The van der Waals surface area contributed by atoms with Gasteiger partial charge in [0.25, 0.3) is 0 Å². The summed E-state index contributed by atoms with van der Waals surface area (Å²) in [6.45, 7) is 2.75. The molecule has 2 aromatic carbocycles. The van der Waals surface area contributed by atoms with Gasteiger partial charge in [0.15, 0.2) is 0 Å². The normalized spacial score (nSPS) is 16.7. The minimum absolute atomic E-state index is 0.168. The van der Waals surface area contributed by atoms with E-state index in [2.05, 4.69) is 10.6 Å². The van der Waals surface area contributed by atoms with Gasteiger partial charge < -0.3 is 15.4 Å². The van der Waals surface area contributed by atoms with Crippen molar-refractivity contribution in [2.45, 2.75) is 50.1 Å². The van der Waals surface area contributed by atoms with Gasteiger partial charge in [-0.25, -0.2) is 8.42 Å². The molecule has 33 heavy (non-hydrogen) atoms. The molecule has 0 bridgehead atoms. The maximum atomic E-state index is 13.2. The van der Waals surface area contributed by atoms with Gasteiger partial charge in [0.1, 0.15) is 5.75 Å². The van der Waals surface area contributed by atoms with Gasteiger partial charge in [-0.05, 0) is 44.4 Å². The van der Waals surface area contributed by atoms with Crippen LogP contribution in [0.3, 0.4) is 0 Å². The summed E-state index contributed by atoms with van der Waals surface area (Å²) in [6, 6.07) is 13.8. The standard InChI is InChI=1S/C24H31N3O5S/c1-18-10-12-21(13-11-18)33(30,31)27-16-6-5-8-20(27)14-15-25-23(28)24(29)26-17-19-7-3-4-9-22(19)32-2/h3-4,7,9-13,20H,5-6,8,14-17H2,1-2H3,(H,25,28)(H,26,29)/t20-/m1/s1. The molecular weight excluding hydrogens is 442 g/mol. The third-order valence-electron chi connectivity index (χ3n) is 5.80. The van der Waals surface area contributed by atoms with E-state index in [-0.39, 0.29) is 24.0 Å². The Morgan fingerprint density at radius 3 is 2.45 bits per heavy atom. The van der Waals surface area contributed by atoms with E-state index >= 15 is 0 Å². The molecule has 2 N–H and O–H groups in total. The topological polar surface area (TPSA) is 105 Å². The Hall–Kier alpha value is -2.91. The Balaban J connectivity index is 1.53. The van der Waals surface area contributed by atoms with Crippen molar-refractivity contribution in [3.63, 3.8) is 0 Å². The number of nitrogens with zero attached hydrogens (tertiary/aromatic N) is 1. The van der Waals surface area contributed by atoms with E-state index in [0.717, 1.165) is 30.4 Å². The minimum atomic E-state index is -3.61. The molecule has 0 radical (unpaired) electrons. The largest absolute Gasteiger partial charge is 0.496 e. The first-order valence-electron chi connectivity index (χ1n) is 11.1. The van der Waals surface area contributed by atoms with Crippen molar-refractivity contribution >= 4 is 21.8 Å². The molecule has 1 atom stereocenters. The maximum Gasteiger partial charge on any atom is 0.309 e. The van der Waals surface area contributed by atoms with Gasteiger partial charge in [-0.1, -0.05) is 42.3 Å². The number of benzene rings is 2.